The van der Waals surface area contributed by atoms with E-state index in [0.29, 0.717) is 19.3 Å². The molecule has 1 heterocycles. The molecule has 9 amide bonds. The minimum atomic E-state index is -1.94. The van der Waals surface area contributed by atoms with E-state index in [-0.39, 0.29) is 43.9 Å². The number of carboxylic acids is 1. The van der Waals surface area contributed by atoms with Crippen molar-refractivity contribution < 1.29 is 77.9 Å². The summed E-state index contributed by atoms with van der Waals surface area (Å²) in [5.74, 6) is -13.2. The van der Waals surface area contributed by atoms with Crippen molar-refractivity contribution in [2.24, 2.45) is 23.7 Å². The van der Waals surface area contributed by atoms with E-state index >= 15 is 0 Å². The number of hydrogen-bond acceptors (Lipinski definition) is 15. The van der Waals surface area contributed by atoms with Crippen molar-refractivity contribution >= 4 is 65.1 Å². The van der Waals surface area contributed by atoms with Crippen LogP contribution < -0.4 is 47.9 Å². The molecule has 0 aromatic heterocycles. The van der Waals surface area contributed by atoms with Crippen molar-refractivity contribution in [1.82, 2.24) is 47.9 Å². The Morgan fingerprint density at radius 3 is 1.55 bits per heavy atom. The number of aliphatic hydroxyl groups excluding tert-OH is 3. The van der Waals surface area contributed by atoms with Gasteiger partial charge >= 0.3 is 11.9 Å². The first kappa shape index (κ1) is 70.1. The number of hydrogen-bond donors (Lipinski definition) is 13. The molecule has 0 spiro atoms. The van der Waals surface area contributed by atoms with Crippen LogP contribution in [0.1, 0.15) is 166 Å². The SMILES string of the molecule is CCCCCCC[C@H](O)CC(=O)N[C@@H](CCC)C(=O)N[C@H](CCC(=O)O)C(=O)NC1C(=O)NC(C(C)C)C(=O)N[C@@H](CC(C)C)C(=O)N[C@H](CO)C(=O)N[C@@H](CC(C)C)C(=O)N[C@H](CO)C(=O)NC(C(C)CC)C(=O)OC1C. The van der Waals surface area contributed by atoms with Crippen LogP contribution in [0.2, 0.25) is 0 Å². The van der Waals surface area contributed by atoms with Crippen molar-refractivity contribution in [1.29, 1.82) is 0 Å². The lowest BCUT2D eigenvalue weighted by Gasteiger charge is -2.32. The largest absolute Gasteiger partial charge is 0.481 e. The molecule has 0 aliphatic carbocycles. The number of carbonyl (C=O) groups is 11. The standard InChI is InChI=1S/C53H93N9O16/c1-12-15-16-17-18-20-33(65)25-40(66)54-34(19-13-2)45(69)55-35(21-22-41(67)68)46(70)62-44-32(11)78-53(77)43(31(10)14-3)61-50(74)39(27-64)59-47(71)36(23-28(4)5)56-49(73)38(26-63)58-48(72)37(24-29(6)7)57-51(75)42(30(8)9)60-52(44)76/h28-39,42-44,63-65H,12-27H2,1-11H3,(H,54,66)(H,55,69)(H,56,73)(H,57,75)(H,58,72)(H,59,71)(H,60,76)(H,61,74)(H,62,70)(H,67,68)/t31?,32?,33-,34-,35+,36-,37-,38+,39+,42?,43?,44?/m0/s1. The molecule has 1 saturated heterocycles. The Hall–Kier alpha value is -5.95. The average Bonchev–Trinajstić information content (AvgIpc) is 3.36. The number of aliphatic carboxylic acids is 1. The van der Waals surface area contributed by atoms with Crippen molar-refractivity contribution in [3.63, 3.8) is 0 Å². The first-order valence-corrected chi connectivity index (χ1v) is 27.7. The van der Waals surface area contributed by atoms with Gasteiger partial charge in [-0.05, 0) is 62.7 Å². The Morgan fingerprint density at radius 2 is 1.06 bits per heavy atom. The second-order valence-corrected chi connectivity index (χ2v) is 21.6. The minimum Gasteiger partial charge on any atom is -0.481 e. The lowest BCUT2D eigenvalue weighted by Crippen LogP contribution is -2.63. The molecule has 12 atom stereocenters. The summed E-state index contributed by atoms with van der Waals surface area (Å²) in [6.07, 6.45) is 1.48. The first-order valence-electron chi connectivity index (χ1n) is 27.7. The van der Waals surface area contributed by atoms with Gasteiger partial charge in [-0.2, -0.15) is 0 Å². The average molecular weight is 1110 g/mol. The number of nitrogens with one attached hydrogen (secondary N) is 9. The summed E-state index contributed by atoms with van der Waals surface area (Å²) < 4.78 is 5.81. The molecule has 1 rings (SSSR count). The van der Waals surface area contributed by atoms with Gasteiger partial charge in [-0.25, -0.2) is 4.79 Å². The van der Waals surface area contributed by atoms with E-state index in [0.717, 1.165) is 25.7 Å². The lowest BCUT2D eigenvalue weighted by molar-refractivity contribution is -0.158. The number of amides is 9. The third-order valence-corrected chi connectivity index (χ3v) is 13.2. The summed E-state index contributed by atoms with van der Waals surface area (Å²) in [4.78, 5) is 152. The smallest absolute Gasteiger partial charge is 0.329 e. The zero-order chi connectivity index (χ0) is 59.4. The minimum absolute atomic E-state index is 0.00929. The summed E-state index contributed by atoms with van der Waals surface area (Å²) in [7, 11) is 0. The monoisotopic (exact) mass is 1110 g/mol. The number of esters is 1. The highest BCUT2D eigenvalue weighted by molar-refractivity contribution is 5.99. The Bertz CT molecular complexity index is 1990. The van der Waals surface area contributed by atoms with Crippen LogP contribution in [0.3, 0.4) is 0 Å². The van der Waals surface area contributed by atoms with Crippen molar-refractivity contribution in [2.45, 2.75) is 233 Å². The van der Waals surface area contributed by atoms with Crippen LogP contribution >= 0.6 is 0 Å². The molecule has 0 radical (unpaired) electrons. The Balaban J connectivity index is 3.96. The van der Waals surface area contributed by atoms with E-state index in [1.165, 1.54) is 6.92 Å². The lowest BCUT2D eigenvalue weighted by atomic mass is 9.98. The number of rotatable bonds is 27. The fourth-order valence-electron chi connectivity index (χ4n) is 8.47. The Kier molecular flexibility index (Phi) is 32.6. The number of ether oxygens (including phenoxy) is 1. The molecule has 1 fully saturated rings. The van der Waals surface area contributed by atoms with Gasteiger partial charge in [0.15, 0.2) is 0 Å². The maximum absolute atomic E-state index is 14.6. The molecule has 0 saturated carbocycles. The highest BCUT2D eigenvalue weighted by atomic mass is 16.5. The molecular formula is C53H93N9O16. The van der Waals surface area contributed by atoms with Gasteiger partial charge in [0.25, 0.3) is 0 Å². The molecule has 0 aromatic carbocycles. The number of carbonyl (C=O) groups excluding carboxylic acids is 10. The molecule has 78 heavy (non-hydrogen) atoms. The van der Waals surface area contributed by atoms with Crippen LogP contribution in [0.5, 0.6) is 0 Å². The zero-order valence-electron chi connectivity index (χ0n) is 47.7. The maximum Gasteiger partial charge on any atom is 0.329 e. The van der Waals surface area contributed by atoms with Crippen LogP contribution in [-0.2, 0) is 57.5 Å². The van der Waals surface area contributed by atoms with Gasteiger partial charge in [-0.1, -0.05) is 114 Å². The molecule has 13 N–H and O–H groups in total. The molecule has 25 heteroatoms. The molecule has 446 valence electrons. The molecule has 0 aromatic rings. The number of unbranched alkanes of at least 4 members (excludes halogenated alkanes) is 4. The maximum atomic E-state index is 14.6. The van der Waals surface area contributed by atoms with Crippen LogP contribution in [0.4, 0.5) is 0 Å². The molecule has 0 bridgehead atoms. The first-order chi connectivity index (χ1) is 36.6. The highest BCUT2D eigenvalue weighted by Gasteiger charge is 2.40. The normalized spacial score (nSPS) is 24.1. The van der Waals surface area contributed by atoms with Crippen molar-refractivity contribution in [2.75, 3.05) is 13.2 Å². The zero-order valence-corrected chi connectivity index (χ0v) is 47.7. The molecular weight excluding hydrogens is 1020 g/mol. The van der Waals surface area contributed by atoms with E-state index in [9.17, 15) is 73.2 Å². The van der Waals surface area contributed by atoms with Crippen molar-refractivity contribution in [3.05, 3.63) is 0 Å². The fraction of sp³-hybridized carbons (Fsp3) is 0.792. The van der Waals surface area contributed by atoms with Crippen LogP contribution in [-0.4, -0.2) is 165 Å². The number of aliphatic hydroxyl groups is 3. The van der Waals surface area contributed by atoms with Gasteiger partial charge in [0.2, 0.25) is 53.2 Å². The highest BCUT2D eigenvalue weighted by Crippen LogP contribution is 2.16. The van der Waals surface area contributed by atoms with Crippen LogP contribution in [0.25, 0.3) is 0 Å². The summed E-state index contributed by atoms with van der Waals surface area (Å²) in [5, 5.41) is 63.3. The fourth-order valence-corrected chi connectivity index (χ4v) is 8.47. The number of carboxylic acid groups (broad SMARTS) is 1. The predicted octanol–water partition coefficient (Wildman–Crippen LogP) is -0.150. The van der Waals surface area contributed by atoms with Crippen LogP contribution in [0, 0.1) is 23.7 Å². The van der Waals surface area contributed by atoms with E-state index < -0.39 is 170 Å². The predicted molar refractivity (Wildman–Crippen MR) is 286 cm³/mol. The topological polar surface area (TPSA) is 386 Å². The Morgan fingerprint density at radius 1 is 0.577 bits per heavy atom. The van der Waals surface area contributed by atoms with Gasteiger partial charge in [0, 0.05) is 6.42 Å². The molecule has 1 aliphatic rings. The quantitative estimate of drug-likeness (QED) is 0.0376. The van der Waals surface area contributed by atoms with E-state index in [2.05, 4.69) is 54.8 Å². The van der Waals surface area contributed by atoms with E-state index in [1.807, 2.05) is 0 Å². The summed E-state index contributed by atoms with van der Waals surface area (Å²) in [5.41, 5.74) is 0. The van der Waals surface area contributed by atoms with E-state index in [1.54, 1.807) is 62.3 Å². The van der Waals surface area contributed by atoms with Gasteiger partial charge < -0.3 is 73.0 Å². The summed E-state index contributed by atoms with van der Waals surface area (Å²) in [6.45, 7) is 16.4. The second-order valence-electron chi connectivity index (χ2n) is 21.6. The third-order valence-electron chi connectivity index (χ3n) is 13.2. The van der Waals surface area contributed by atoms with Gasteiger partial charge in [-0.15, -0.1) is 0 Å². The summed E-state index contributed by atoms with van der Waals surface area (Å²) >= 11 is 0. The molecule has 5 unspecified atom stereocenters. The molecule has 25 nitrogen and oxygen atoms in total. The summed E-state index contributed by atoms with van der Waals surface area (Å²) in [6, 6.07) is -14.0. The van der Waals surface area contributed by atoms with Gasteiger partial charge in [0.1, 0.15) is 60.5 Å². The Labute approximate surface area is 459 Å². The van der Waals surface area contributed by atoms with Gasteiger partial charge in [0.05, 0.1) is 25.7 Å². The van der Waals surface area contributed by atoms with Crippen molar-refractivity contribution in [3.8, 4) is 0 Å². The van der Waals surface area contributed by atoms with E-state index in [4.69, 9.17) is 4.74 Å². The van der Waals surface area contributed by atoms with Crippen LogP contribution in [0.15, 0.2) is 0 Å². The van der Waals surface area contributed by atoms with Gasteiger partial charge in [-0.3, -0.25) is 47.9 Å². The third kappa shape index (κ3) is 25.2. The molecule has 1 aliphatic heterocycles. The second kappa shape index (κ2) is 36.3. The number of cyclic esters (lactones) is 1.